The Hall–Kier alpha value is -0.870. The Morgan fingerprint density at radius 2 is 2.11 bits per heavy atom. The zero-order chi connectivity index (χ0) is 13.1. The van der Waals surface area contributed by atoms with E-state index in [1.165, 1.54) is 5.69 Å². The molecule has 1 aromatic heterocycles. The summed E-state index contributed by atoms with van der Waals surface area (Å²) in [6.07, 6.45) is 2.99. The molecule has 1 fully saturated rings. The van der Waals surface area contributed by atoms with Gasteiger partial charge < -0.3 is 10.1 Å². The minimum absolute atomic E-state index is 0.321. The largest absolute Gasteiger partial charge is 0.372 e. The number of hydrogen-bond donors (Lipinski definition) is 1. The van der Waals surface area contributed by atoms with Crippen LogP contribution in [0.5, 0.6) is 0 Å². The summed E-state index contributed by atoms with van der Waals surface area (Å²) in [6.45, 7) is 10.3. The smallest absolute Gasteiger partial charge is 0.0776 e. The lowest BCUT2D eigenvalue weighted by Gasteiger charge is -2.16. The summed E-state index contributed by atoms with van der Waals surface area (Å²) in [6, 6.07) is 2.65. The molecule has 1 aliphatic heterocycles. The van der Waals surface area contributed by atoms with Crippen molar-refractivity contribution >= 4 is 0 Å². The molecule has 2 heterocycles. The average Bonchev–Trinajstić information content (AvgIpc) is 2.84. The topological polar surface area (TPSA) is 39.1 Å². The normalized spacial score (nSPS) is 24.1. The van der Waals surface area contributed by atoms with Crippen LogP contribution in [0.4, 0.5) is 0 Å². The average molecular weight is 251 g/mol. The van der Waals surface area contributed by atoms with Crippen LogP contribution in [0.25, 0.3) is 0 Å². The maximum absolute atomic E-state index is 6.06. The molecule has 0 amide bonds. The minimum atomic E-state index is 0.321. The van der Waals surface area contributed by atoms with Crippen LogP contribution in [0.3, 0.4) is 0 Å². The molecular weight excluding hydrogens is 226 g/mol. The lowest BCUT2D eigenvalue weighted by atomic mass is 10.2. The van der Waals surface area contributed by atoms with Crippen LogP contribution < -0.4 is 5.32 Å². The molecule has 2 unspecified atom stereocenters. The fourth-order valence-electron chi connectivity index (χ4n) is 2.48. The van der Waals surface area contributed by atoms with Crippen LogP contribution >= 0.6 is 0 Å². The molecule has 1 saturated heterocycles. The van der Waals surface area contributed by atoms with Crippen LogP contribution in [0, 0.1) is 13.8 Å². The first kappa shape index (κ1) is 13.6. The maximum atomic E-state index is 6.06. The van der Waals surface area contributed by atoms with E-state index in [2.05, 4.69) is 41.9 Å². The van der Waals surface area contributed by atoms with Crippen molar-refractivity contribution in [2.24, 2.45) is 0 Å². The number of aromatic nitrogens is 2. The summed E-state index contributed by atoms with van der Waals surface area (Å²) < 4.78 is 8.12. The van der Waals surface area contributed by atoms with Crippen LogP contribution in [-0.4, -0.2) is 34.6 Å². The van der Waals surface area contributed by atoms with Gasteiger partial charge in [-0.1, -0.05) is 13.8 Å². The van der Waals surface area contributed by atoms with Gasteiger partial charge in [0.1, 0.15) is 0 Å². The number of ether oxygens (including phenoxy) is 1. The van der Waals surface area contributed by atoms with Gasteiger partial charge in [-0.3, -0.25) is 4.68 Å². The number of nitrogens with one attached hydrogen (secondary N) is 1. The van der Waals surface area contributed by atoms with Crippen LogP contribution in [0.15, 0.2) is 6.07 Å². The van der Waals surface area contributed by atoms with E-state index in [4.69, 9.17) is 4.74 Å². The van der Waals surface area contributed by atoms with Gasteiger partial charge in [0.25, 0.3) is 0 Å². The molecule has 0 aromatic carbocycles. The zero-order valence-corrected chi connectivity index (χ0v) is 11.9. The molecule has 102 valence electrons. The molecule has 18 heavy (non-hydrogen) atoms. The van der Waals surface area contributed by atoms with Crippen molar-refractivity contribution in [1.29, 1.82) is 0 Å². The second-order valence-electron chi connectivity index (χ2n) is 5.63. The highest BCUT2D eigenvalue weighted by molar-refractivity contribution is 5.06. The fraction of sp³-hybridized carbons (Fsp3) is 0.786. The summed E-state index contributed by atoms with van der Waals surface area (Å²) in [5, 5.41) is 7.93. The third-order valence-corrected chi connectivity index (χ3v) is 3.43. The molecule has 0 bridgehead atoms. The Kier molecular flexibility index (Phi) is 4.40. The van der Waals surface area contributed by atoms with Gasteiger partial charge in [-0.2, -0.15) is 5.10 Å². The van der Waals surface area contributed by atoms with E-state index in [-0.39, 0.29) is 0 Å². The summed E-state index contributed by atoms with van der Waals surface area (Å²) in [4.78, 5) is 0. The van der Waals surface area contributed by atoms with E-state index < -0.39 is 0 Å². The van der Waals surface area contributed by atoms with Gasteiger partial charge in [0.2, 0.25) is 0 Å². The monoisotopic (exact) mass is 251 g/mol. The van der Waals surface area contributed by atoms with E-state index in [1.54, 1.807) is 0 Å². The van der Waals surface area contributed by atoms with Gasteiger partial charge in [-0.15, -0.1) is 0 Å². The summed E-state index contributed by atoms with van der Waals surface area (Å²) in [5.41, 5.74) is 2.31. The molecular formula is C14H25N3O. The van der Waals surface area contributed by atoms with Crippen molar-refractivity contribution in [2.75, 3.05) is 6.54 Å². The third-order valence-electron chi connectivity index (χ3n) is 3.43. The van der Waals surface area contributed by atoms with Crippen LogP contribution in [0.2, 0.25) is 0 Å². The zero-order valence-electron chi connectivity index (χ0n) is 11.9. The summed E-state index contributed by atoms with van der Waals surface area (Å²) >= 11 is 0. The molecule has 2 rings (SSSR count). The Morgan fingerprint density at radius 3 is 2.72 bits per heavy atom. The first-order valence-corrected chi connectivity index (χ1v) is 6.94. The van der Waals surface area contributed by atoms with Gasteiger partial charge in [0, 0.05) is 18.3 Å². The van der Waals surface area contributed by atoms with E-state index in [1.807, 2.05) is 6.92 Å². The number of hydrogen-bond acceptors (Lipinski definition) is 3. The first-order valence-electron chi connectivity index (χ1n) is 6.94. The maximum Gasteiger partial charge on any atom is 0.0776 e. The SMILES string of the molecule is Cc1cc(C)n(CC2CCC(CNC(C)C)O2)n1. The quantitative estimate of drug-likeness (QED) is 0.870. The predicted octanol–water partition coefficient (Wildman–Crippen LogP) is 2.05. The Morgan fingerprint density at radius 1 is 1.39 bits per heavy atom. The van der Waals surface area contributed by atoms with Crippen molar-refractivity contribution < 1.29 is 4.74 Å². The first-order chi connectivity index (χ1) is 8.54. The van der Waals surface area contributed by atoms with Gasteiger partial charge in [0.15, 0.2) is 0 Å². The molecule has 0 spiro atoms. The second kappa shape index (κ2) is 5.85. The van der Waals surface area contributed by atoms with Gasteiger partial charge in [0.05, 0.1) is 24.4 Å². The van der Waals surface area contributed by atoms with E-state index in [9.17, 15) is 0 Å². The fourth-order valence-corrected chi connectivity index (χ4v) is 2.48. The molecule has 0 saturated carbocycles. The summed E-state index contributed by atoms with van der Waals surface area (Å²) in [7, 11) is 0. The number of aryl methyl sites for hydroxylation is 2. The molecule has 1 N–H and O–H groups in total. The Balaban J connectivity index is 1.80. The van der Waals surface area contributed by atoms with E-state index in [0.29, 0.717) is 18.2 Å². The van der Waals surface area contributed by atoms with Gasteiger partial charge in [-0.05, 0) is 32.8 Å². The van der Waals surface area contributed by atoms with Gasteiger partial charge in [-0.25, -0.2) is 0 Å². The molecule has 4 heteroatoms. The molecule has 1 aromatic rings. The highest BCUT2D eigenvalue weighted by Gasteiger charge is 2.25. The van der Waals surface area contributed by atoms with Crippen molar-refractivity contribution in [1.82, 2.24) is 15.1 Å². The molecule has 4 nitrogen and oxygen atoms in total. The van der Waals surface area contributed by atoms with Gasteiger partial charge >= 0.3 is 0 Å². The van der Waals surface area contributed by atoms with E-state index in [0.717, 1.165) is 31.6 Å². The van der Waals surface area contributed by atoms with Crippen molar-refractivity contribution in [3.8, 4) is 0 Å². The Bertz CT molecular complexity index is 386. The van der Waals surface area contributed by atoms with E-state index >= 15 is 0 Å². The summed E-state index contributed by atoms with van der Waals surface area (Å²) in [5.74, 6) is 0. The second-order valence-corrected chi connectivity index (χ2v) is 5.63. The lowest BCUT2D eigenvalue weighted by molar-refractivity contribution is 0.0329. The highest BCUT2D eigenvalue weighted by Crippen LogP contribution is 2.21. The van der Waals surface area contributed by atoms with Crippen molar-refractivity contribution in [3.63, 3.8) is 0 Å². The molecule has 1 aliphatic rings. The third kappa shape index (κ3) is 3.56. The number of nitrogens with zero attached hydrogens (tertiary/aromatic N) is 2. The highest BCUT2D eigenvalue weighted by atomic mass is 16.5. The van der Waals surface area contributed by atoms with Crippen LogP contribution in [0.1, 0.15) is 38.1 Å². The molecule has 0 aliphatic carbocycles. The van der Waals surface area contributed by atoms with Crippen molar-refractivity contribution in [2.45, 2.75) is 65.3 Å². The lowest BCUT2D eigenvalue weighted by Crippen LogP contribution is -2.32. The van der Waals surface area contributed by atoms with Crippen molar-refractivity contribution in [3.05, 3.63) is 17.5 Å². The molecule has 2 atom stereocenters. The molecule has 0 radical (unpaired) electrons. The minimum Gasteiger partial charge on any atom is -0.372 e. The standard InChI is InChI=1S/C14H25N3O/c1-10(2)15-8-13-5-6-14(18-13)9-17-12(4)7-11(3)16-17/h7,10,13-15H,5-6,8-9H2,1-4H3. The van der Waals surface area contributed by atoms with Crippen LogP contribution in [-0.2, 0) is 11.3 Å². The Labute approximate surface area is 110 Å². The number of rotatable bonds is 5. The predicted molar refractivity (Wildman–Crippen MR) is 72.7 cm³/mol.